The van der Waals surface area contributed by atoms with Crippen molar-refractivity contribution in [3.05, 3.63) is 53.7 Å². The Morgan fingerprint density at radius 1 is 1.23 bits per heavy atom. The Morgan fingerprint density at radius 2 is 1.96 bits per heavy atom. The Bertz CT molecular complexity index is 706. The number of hydrogen-bond donors (Lipinski definition) is 1. The van der Waals surface area contributed by atoms with Crippen molar-refractivity contribution in [2.24, 2.45) is 5.92 Å². The summed E-state index contributed by atoms with van der Waals surface area (Å²) in [4.78, 5) is 14.4. The van der Waals surface area contributed by atoms with Gasteiger partial charge >= 0.3 is 0 Å². The standard InChI is InChI=1S/C20H25FN2O3/c1-22-11-8-15-9-12-23(13-10-15)20(24)19-7-6-18(26-19)14-25-17-4-2-16(21)3-5-17/h2-7,15,22H,8-14H2,1H3. The molecule has 1 amide bonds. The fraction of sp³-hybridized carbons (Fsp3) is 0.450. The molecule has 1 saturated heterocycles. The lowest BCUT2D eigenvalue weighted by Crippen LogP contribution is -2.38. The molecule has 2 heterocycles. The van der Waals surface area contributed by atoms with E-state index in [0.717, 1.165) is 38.9 Å². The number of likely N-dealkylation sites (tertiary alicyclic amines) is 1. The van der Waals surface area contributed by atoms with E-state index in [-0.39, 0.29) is 18.3 Å². The average Bonchev–Trinajstić information content (AvgIpc) is 3.15. The zero-order valence-corrected chi connectivity index (χ0v) is 15.0. The van der Waals surface area contributed by atoms with Crippen LogP contribution in [-0.4, -0.2) is 37.5 Å². The first kappa shape index (κ1) is 18.5. The molecule has 5 nitrogen and oxygen atoms in total. The normalized spacial score (nSPS) is 15.2. The maximum absolute atomic E-state index is 12.9. The molecule has 1 fully saturated rings. The third-order valence-electron chi connectivity index (χ3n) is 4.77. The molecule has 0 aliphatic carbocycles. The molecule has 0 spiro atoms. The molecule has 0 bridgehead atoms. The number of nitrogens with zero attached hydrogens (tertiary/aromatic N) is 1. The topological polar surface area (TPSA) is 54.7 Å². The van der Waals surface area contributed by atoms with Gasteiger partial charge in [0.15, 0.2) is 5.76 Å². The number of carbonyl (C=O) groups is 1. The van der Waals surface area contributed by atoms with Crippen LogP contribution in [0.2, 0.25) is 0 Å². The molecular weight excluding hydrogens is 335 g/mol. The van der Waals surface area contributed by atoms with E-state index in [0.29, 0.717) is 23.2 Å². The summed E-state index contributed by atoms with van der Waals surface area (Å²) in [6.45, 7) is 2.77. The smallest absolute Gasteiger partial charge is 0.289 e. The monoisotopic (exact) mass is 360 g/mol. The average molecular weight is 360 g/mol. The molecule has 3 rings (SSSR count). The Kier molecular flexibility index (Phi) is 6.28. The molecule has 1 aliphatic rings. The minimum absolute atomic E-state index is 0.0647. The molecule has 1 aliphatic heterocycles. The summed E-state index contributed by atoms with van der Waals surface area (Å²) >= 11 is 0. The van der Waals surface area contributed by atoms with Gasteiger partial charge in [0.2, 0.25) is 0 Å². The Labute approximate surface area is 153 Å². The molecule has 6 heteroatoms. The number of carbonyl (C=O) groups excluding carboxylic acids is 1. The highest BCUT2D eigenvalue weighted by molar-refractivity contribution is 5.91. The van der Waals surface area contributed by atoms with Crippen molar-refractivity contribution in [1.29, 1.82) is 0 Å². The summed E-state index contributed by atoms with van der Waals surface area (Å²) in [7, 11) is 1.97. The van der Waals surface area contributed by atoms with E-state index in [9.17, 15) is 9.18 Å². The first-order chi connectivity index (χ1) is 12.7. The van der Waals surface area contributed by atoms with Crippen LogP contribution in [0.3, 0.4) is 0 Å². The van der Waals surface area contributed by atoms with Gasteiger partial charge in [0, 0.05) is 13.1 Å². The molecule has 1 N–H and O–H groups in total. The summed E-state index contributed by atoms with van der Waals surface area (Å²) in [5.74, 6) is 1.78. The van der Waals surface area contributed by atoms with Crippen molar-refractivity contribution in [3.8, 4) is 5.75 Å². The molecular formula is C20H25FN2O3. The maximum atomic E-state index is 12.9. The van der Waals surface area contributed by atoms with E-state index >= 15 is 0 Å². The molecule has 1 aromatic carbocycles. The predicted molar refractivity (Wildman–Crippen MR) is 96.6 cm³/mol. The van der Waals surface area contributed by atoms with Crippen molar-refractivity contribution in [3.63, 3.8) is 0 Å². The van der Waals surface area contributed by atoms with Crippen LogP contribution in [0, 0.1) is 11.7 Å². The number of piperidine rings is 1. The molecule has 26 heavy (non-hydrogen) atoms. The third-order valence-corrected chi connectivity index (χ3v) is 4.77. The Morgan fingerprint density at radius 3 is 2.65 bits per heavy atom. The van der Waals surface area contributed by atoms with Gasteiger partial charge in [0.05, 0.1) is 0 Å². The molecule has 0 radical (unpaired) electrons. The van der Waals surface area contributed by atoms with Crippen molar-refractivity contribution in [2.75, 3.05) is 26.7 Å². The van der Waals surface area contributed by atoms with Crippen LogP contribution in [0.1, 0.15) is 35.6 Å². The van der Waals surface area contributed by atoms with Crippen LogP contribution in [0.5, 0.6) is 5.75 Å². The Balaban J connectivity index is 1.49. The Hall–Kier alpha value is -2.34. The number of ether oxygens (including phenoxy) is 1. The molecule has 2 aromatic rings. The first-order valence-electron chi connectivity index (χ1n) is 9.06. The highest BCUT2D eigenvalue weighted by atomic mass is 19.1. The van der Waals surface area contributed by atoms with Gasteiger partial charge in [-0.15, -0.1) is 0 Å². The fourth-order valence-corrected chi connectivity index (χ4v) is 3.18. The second-order valence-corrected chi connectivity index (χ2v) is 6.64. The second-order valence-electron chi connectivity index (χ2n) is 6.64. The highest BCUT2D eigenvalue weighted by Crippen LogP contribution is 2.22. The van der Waals surface area contributed by atoms with Crippen molar-refractivity contribution < 1.29 is 18.3 Å². The largest absolute Gasteiger partial charge is 0.486 e. The van der Waals surface area contributed by atoms with Crippen molar-refractivity contribution >= 4 is 5.91 Å². The lowest BCUT2D eigenvalue weighted by Gasteiger charge is -2.31. The molecule has 140 valence electrons. The number of benzene rings is 1. The van der Waals surface area contributed by atoms with Gasteiger partial charge in [-0.3, -0.25) is 4.79 Å². The van der Waals surface area contributed by atoms with E-state index in [1.807, 2.05) is 11.9 Å². The fourth-order valence-electron chi connectivity index (χ4n) is 3.18. The van der Waals surface area contributed by atoms with Gasteiger partial charge in [-0.2, -0.15) is 0 Å². The van der Waals surface area contributed by atoms with Gasteiger partial charge < -0.3 is 19.4 Å². The second kappa shape index (κ2) is 8.85. The lowest BCUT2D eigenvalue weighted by molar-refractivity contribution is 0.0651. The van der Waals surface area contributed by atoms with Crippen LogP contribution < -0.4 is 10.1 Å². The summed E-state index contributed by atoms with van der Waals surface area (Å²) in [6.07, 6.45) is 3.23. The molecule has 0 saturated carbocycles. The number of hydrogen-bond acceptors (Lipinski definition) is 4. The van der Waals surface area contributed by atoms with Crippen molar-refractivity contribution in [2.45, 2.75) is 25.9 Å². The number of nitrogens with one attached hydrogen (secondary N) is 1. The van der Waals surface area contributed by atoms with Gasteiger partial charge in [0.1, 0.15) is 23.9 Å². The van der Waals surface area contributed by atoms with Gasteiger partial charge in [-0.1, -0.05) is 0 Å². The zero-order valence-electron chi connectivity index (χ0n) is 15.0. The minimum Gasteiger partial charge on any atom is -0.486 e. The summed E-state index contributed by atoms with van der Waals surface area (Å²) in [5.41, 5.74) is 0. The molecule has 0 unspecified atom stereocenters. The maximum Gasteiger partial charge on any atom is 0.289 e. The van der Waals surface area contributed by atoms with E-state index in [2.05, 4.69) is 5.32 Å². The van der Waals surface area contributed by atoms with E-state index < -0.39 is 0 Å². The van der Waals surface area contributed by atoms with Crippen LogP contribution >= 0.6 is 0 Å². The van der Waals surface area contributed by atoms with Crippen LogP contribution in [0.4, 0.5) is 4.39 Å². The number of rotatable bonds is 7. The highest BCUT2D eigenvalue weighted by Gasteiger charge is 2.25. The van der Waals surface area contributed by atoms with E-state index in [1.54, 1.807) is 24.3 Å². The summed E-state index contributed by atoms with van der Waals surface area (Å²) < 4.78 is 24.1. The molecule has 0 atom stereocenters. The van der Waals surface area contributed by atoms with Gasteiger partial charge in [0.25, 0.3) is 5.91 Å². The van der Waals surface area contributed by atoms with Crippen molar-refractivity contribution in [1.82, 2.24) is 10.2 Å². The van der Waals surface area contributed by atoms with E-state index in [4.69, 9.17) is 9.15 Å². The number of amides is 1. The van der Waals surface area contributed by atoms with Gasteiger partial charge in [-0.25, -0.2) is 4.39 Å². The van der Waals surface area contributed by atoms with Gasteiger partial charge in [-0.05, 0) is 75.2 Å². The third kappa shape index (κ3) is 4.85. The molecule has 1 aromatic heterocycles. The summed E-state index contributed by atoms with van der Waals surface area (Å²) in [5, 5.41) is 3.18. The zero-order chi connectivity index (χ0) is 18.4. The number of halogens is 1. The SMILES string of the molecule is CNCCC1CCN(C(=O)c2ccc(COc3ccc(F)cc3)o2)CC1. The van der Waals surface area contributed by atoms with Crippen LogP contribution in [-0.2, 0) is 6.61 Å². The first-order valence-corrected chi connectivity index (χ1v) is 9.06. The summed E-state index contributed by atoms with van der Waals surface area (Å²) in [6, 6.07) is 9.24. The van der Waals surface area contributed by atoms with E-state index in [1.165, 1.54) is 12.1 Å². The predicted octanol–water partition coefficient (Wildman–Crippen LogP) is 3.46. The lowest BCUT2D eigenvalue weighted by atomic mass is 9.93. The quantitative estimate of drug-likeness (QED) is 0.822. The minimum atomic E-state index is -0.307. The number of furan rings is 1. The van der Waals surface area contributed by atoms with Crippen LogP contribution in [0.25, 0.3) is 0 Å². The van der Waals surface area contributed by atoms with Crippen LogP contribution in [0.15, 0.2) is 40.8 Å².